The van der Waals surface area contributed by atoms with Crippen molar-refractivity contribution in [2.45, 2.75) is 6.92 Å². The number of fused-ring (bicyclic) bond motifs is 5. The number of benzene rings is 3. The smallest absolute Gasteiger partial charge is 0.0569 e. The van der Waals surface area contributed by atoms with Gasteiger partial charge in [-0.05, 0) is 34.8 Å². The lowest BCUT2D eigenvalue weighted by Gasteiger charge is -2.10. The van der Waals surface area contributed by atoms with Crippen LogP contribution in [-0.2, 0) is 0 Å². The third-order valence-electron chi connectivity index (χ3n) is 4.93. The van der Waals surface area contributed by atoms with Crippen molar-refractivity contribution < 1.29 is 0 Å². The fourth-order valence-electron chi connectivity index (χ4n) is 3.91. The Labute approximate surface area is 146 Å². The van der Waals surface area contributed by atoms with Crippen molar-refractivity contribution in [3.8, 4) is 0 Å². The molecular formula is C23H15Cl. The van der Waals surface area contributed by atoms with E-state index in [-0.39, 0.29) is 0 Å². The molecule has 2 aliphatic carbocycles. The molecule has 24 heavy (non-hydrogen) atoms. The Morgan fingerprint density at radius 1 is 0.583 bits per heavy atom. The highest BCUT2D eigenvalue weighted by Crippen LogP contribution is 2.57. The van der Waals surface area contributed by atoms with Gasteiger partial charge in [0.2, 0.25) is 0 Å². The van der Waals surface area contributed by atoms with Gasteiger partial charge in [0.25, 0.3) is 0 Å². The zero-order chi connectivity index (χ0) is 16.3. The highest BCUT2D eigenvalue weighted by Gasteiger charge is 2.36. The van der Waals surface area contributed by atoms with Gasteiger partial charge in [-0.3, -0.25) is 0 Å². The van der Waals surface area contributed by atoms with Gasteiger partial charge in [0.1, 0.15) is 0 Å². The van der Waals surface area contributed by atoms with E-state index in [2.05, 4.69) is 79.7 Å². The van der Waals surface area contributed by atoms with Gasteiger partial charge in [0.05, 0.1) is 5.03 Å². The summed E-state index contributed by atoms with van der Waals surface area (Å²) in [5, 5.41) is 0.874. The summed E-state index contributed by atoms with van der Waals surface area (Å²) in [6.07, 6.45) is 0. The summed E-state index contributed by atoms with van der Waals surface area (Å²) in [5.74, 6) is 0. The lowest BCUT2D eigenvalue weighted by Crippen LogP contribution is -1.90. The van der Waals surface area contributed by atoms with Gasteiger partial charge in [-0.25, -0.2) is 0 Å². The average Bonchev–Trinajstić information content (AvgIpc) is 3.09. The Morgan fingerprint density at radius 2 is 1.25 bits per heavy atom. The van der Waals surface area contributed by atoms with E-state index >= 15 is 0 Å². The van der Waals surface area contributed by atoms with E-state index in [9.17, 15) is 0 Å². The molecule has 0 spiro atoms. The second-order valence-corrected chi connectivity index (χ2v) is 6.78. The minimum Gasteiger partial charge on any atom is -0.0830 e. The van der Waals surface area contributed by atoms with Gasteiger partial charge in [0.15, 0.2) is 0 Å². The Hall–Kier alpha value is -2.57. The zero-order valence-corrected chi connectivity index (χ0v) is 14.1. The van der Waals surface area contributed by atoms with Crippen LogP contribution in [0.2, 0.25) is 0 Å². The lowest BCUT2D eigenvalue weighted by atomic mass is 9.93. The Kier molecular flexibility index (Phi) is 2.86. The summed E-state index contributed by atoms with van der Waals surface area (Å²) in [4.78, 5) is 0. The molecule has 0 fully saturated rings. The molecule has 0 bridgehead atoms. The first-order valence-corrected chi connectivity index (χ1v) is 8.54. The number of rotatable bonds is 1. The summed E-state index contributed by atoms with van der Waals surface area (Å²) in [6, 6.07) is 25.8. The fourth-order valence-corrected chi connectivity index (χ4v) is 4.27. The fraction of sp³-hybridized carbons (Fsp3) is 0.0435. The molecule has 0 aliphatic heterocycles. The average molecular weight is 327 g/mol. The minimum atomic E-state index is 0.874. The molecule has 0 aromatic heterocycles. The standard InChI is InChI=1S/C23H15Cl/c1-14-11-12-18-19(13-14)21-20(15-7-3-2-4-8-15)16-9-5-6-10-17(16)22(21)23(18)24/h2-13H,1H3. The number of allylic oxidation sites excluding steroid dienone is 2. The van der Waals surface area contributed by atoms with Gasteiger partial charge in [-0.1, -0.05) is 90.0 Å². The van der Waals surface area contributed by atoms with Gasteiger partial charge in [0, 0.05) is 16.7 Å². The predicted octanol–water partition coefficient (Wildman–Crippen LogP) is 6.39. The maximum Gasteiger partial charge on any atom is 0.0569 e. The van der Waals surface area contributed by atoms with E-state index in [0.29, 0.717) is 0 Å². The second kappa shape index (κ2) is 4.96. The molecule has 2 aliphatic rings. The summed E-state index contributed by atoms with van der Waals surface area (Å²) >= 11 is 6.82. The van der Waals surface area contributed by atoms with E-state index in [4.69, 9.17) is 11.6 Å². The van der Waals surface area contributed by atoms with Crippen molar-refractivity contribution >= 4 is 33.4 Å². The Bertz CT molecular complexity index is 1050. The first kappa shape index (κ1) is 13.8. The van der Waals surface area contributed by atoms with Crippen molar-refractivity contribution in [2.24, 2.45) is 0 Å². The molecule has 3 aromatic rings. The van der Waals surface area contributed by atoms with Crippen molar-refractivity contribution in [1.29, 1.82) is 0 Å². The first-order chi connectivity index (χ1) is 11.8. The SMILES string of the molecule is Cc1ccc2c(c1)C1=C(c3ccccc3)c3ccccc3C1=C2Cl. The van der Waals surface area contributed by atoms with E-state index in [1.165, 1.54) is 44.5 Å². The second-order valence-electron chi connectivity index (χ2n) is 6.40. The van der Waals surface area contributed by atoms with Crippen LogP contribution in [0.25, 0.3) is 21.8 Å². The molecule has 0 saturated heterocycles. The van der Waals surface area contributed by atoms with E-state index in [1.54, 1.807) is 0 Å². The molecule has 0 nitrogen and oxygen atoms in total. The third-order valence-corrected chi connectivity index (χ3v) is 5.32. The van der Waals surface area contributed by atoms with Crippen LogP contribution < -0.4 is 0 Å². The van der Waals surface area contributed by atoms with Crippen LogP contribution >= 0.6 is 11.6 Å². The van der Waals surface area contributed by atoms with Crippen LogP contribution in [0.1, 0.15) is 33.4 Å². The maximum absolute atomic E-state index is 6.82. The maximum atomic E-state index is 6.82. The highest BCUT2D eigenvalue weighted by molar-refractivity contribution is 6.59. The van der Waals surface area contributed by atoms with Crippen molar-refractivity contribution in [1.82, 2.24) is 0 Å². The summed E-state index contributed by atoms with van der Waals surface area (Å²) in [5.41, 5.74) is 11.2. The molecule has 1 heteroatoms. The monoisotopic (exact) mass is 326 g/mol. The van der Waals surface area contributed by atoms with Gasteiger partial charge in [-0.2, -0.15) is 0 Å². The highest BCUT2D eigenvalue weighted by atomic mass is 35.5. The van der Waals surface area contributed by atoms with Crippen LogP contribution in [0.15, 0.2) is 72.8 Å². The summed E-state index contributed by atoms with van der Waals surface area (Å²) < 4.78 is 0. The lowest BCUT2D eigenvalue weighted by molar-refractivity contribution is 1.44. The van der Waals surface area contributed by atoms with E-state index in [0.717, 1.165) is 10.6 Å². The number of hydrogen-bond acceptors (Lipinski definition) is 0. The molecule has 0 amide bonds. The number of halogens is 1. The first-order valence-electron chi connectivity index (χ1n) is 8.17. The van der Waals surface area contributed by atoms with Gasteiger partial charge in [-0.15, -0.1) is 0 Å². The zero-order valence-electron chi connectivity index (χ0n) is 13.3. The normalized spacial score (nSPS) is 14.8. The molecule has 0 N–H and O–H groups in total. The molecule has 0 atom stereocenters. The molecule has 114 valence electrons. The van der Waals surface area contributed by atoms with Crippen molar-refractivity contribution in [3.63, 3.8) is 0 Å². The van der Waals surface area contributed by atoms with Crippen LogP contribution in [0, 0.1) is 6.92 Å². The number of hydrogen-bond donors (Lipinski definition) is 0. The van der Waals surface area contributed by atoms with Crippen LogP contribution in [-0.4, -0.2) is 0 Å². The quantitative estimate of drug-likeness (QED) is 0.486. The van der Waals surface area contributed by atoms with Crippen LogP contribution in [0.4, 0.5) is 0 Å². The molecule has 3 aromatic carbocycles. The summed E-state index contributed by atoms with van der Waals surface area (Å²) in [6.45, 7) is 2.14. The largest absolute Gasteiger partial charge is 0.0830 e. The molecule has 0 heterocycles. The Balaban J connectivity index is 1.93. The summed E-state index contributed by atoms with van der Waals surface area (Å²) in [7, 11) is 0. The third kappa shape index (κ3) is 1.75. The Morgan fingerprint density at radius 3 is 2.00 bits per heavy atom. The topological polar surface area (TPSA) is 0 Å². The molecule has 5 rings (SSSR count). The van der Waals surface area contributed by atoms with Crippen LogP contribution in [0.3, 0.4) is 0 Å². The molecular weight excluding hydrogens is 312 g/mol. The van der Waals surface area contributed by atoms with Crippen LogP contribution in [0.5, 0.6) is 0 Å². The molecule has 0 unspecified atom stereocenters. The molecule has 0 radical (unpaired) electrons. The number of aryl methyl sites for hydroxylation is 1. The van der Waals surface area contributed by atoms with Gasteiger partial charge >= 0.3 is 0 Å². The van der Waals surface area contributed by atoms with Crippen molar-refractivity contribution in [2.75, 3.05) is 0 Å². The van der Waals surface area contributed by atoms with Crippen molar-refractivity contribution in [3.05, 3.63) is 106 Å². The predicted molar refractivity (Wildman–Crippen MR) is 103 cm³/mol. The molecule has 0 saturated carbocycles. The van der Waals surface area contributed by atoms with E-state index < -0.39 is 0 Å². The van der Waals surface area contributed by atoms with E-state index in [1.807, 2.05) is 0 Å². The van der Waals surface area contributed by atoms with Gasteiger partial charge < -0.3 is 0 Å². The minimum absolute atomic E-state index is 0.874.